The highest BCUT2D eigenvalue weighted by Gasteiger charge is 2.04. The molecule has 1 heterocycles. The maximum Gasteiger partial charge on any atom is 0.337 e. The Labute approximate surface area is 58.9 Å². The van der Waals surface area contributed by atoms with Gasteiger partial charge in [0.05, 0.1) is 5.56 Å². The van der Waals surface area contributed by atoms with Crippen molar-refractivity contribution in [1.29, 1.82) is 0 Å². The smallest absolute Gasteiger partial charge is 0.337 e. The molecule has 0 saturated heterocycles. The van der Waals surface area contributed by atoms with Gasteiger partial charge in [-0.3, -0.25) is 0 Å². The van der Waals surface area contributed by atoms with Crippen molar-refractivity contribution >= 4 is 5.97 Å². The Balaban J connectivity index is 3.10. The van der Waals surface area contributed by atoms with Gasteiger partial charge in [0, 0.05) is 18.9 Å². The third-order valence-corrected chi connectivity index (χ3v) is 1.50. The molecule has 0 saturated carbocycles. The Morgan fingerprint density at radius 1 is 1.70 bits per heavy atom. The molecular formula is C7H9NO2. The third kappa shape index (κ3) is 1.03. The van der Waals surface area contributed by atoms with Crippen LogP contribution in [0.3, 0.4) is 0 Å². The van der Waals surface area contributed by atoms with Crippen LogP contribution in [0.1, 0.15) is 16.1 Å². The summed E-state index contributed by atoms with van der Waals surface area (Å²) in [4.78, 5) is 10.4. The molecule has 1 N–H and O–H groups in total. The summed E-state index contributed by atoms with van der Waals surface area (Å²) in [6, 6.07) is 1.64. The average Bonchev–Trinajstić information content (AvgIpc) is 2.13. The van der Waals surface area contributed by atoms with Crippen LogP contribution in [0, 0.1) is 6.92 Å². The molecule has 0 aromatic carbocycles. The van der Waals surface area contributed by atoms with Crippen LogP contribution in [0.25, 0.3) is 0 Å². The third-order valence-electron chi connectivity index (χ3n) is 1.50. The molecule has 0 unspecified atom stereocenters. The van der Waals surface area contributed by atoms with E-state index in [0.717, 1.165) is 5.69 Å². The average molecular weight is 139 g/mol. The second-order valence-electron chi connectivity index (χ2n) is 2.29. The molecule has 54 valence electrons. The standard InChI is InChI=1S/C7H9NO2/c1-5-3-6(7(9)10)4-8(5)2/h3-4H,1-2H3,(H,9,10). The summed E-state index contributed by atoms with van der Waals surface area (Å²) in [5.41, 5.74) is 1.30. The summed E-state index contributed by atoms with van der Waals surface area (Å²) in [7, 11) is 1.82. The van der Waals surface area contributed by atoms with Gasteiger partial charge in [-0.25, -0.2) is 4.79 Å². The van der Waals surface area contributed by atoms with Crippen LogP contribution in [-0.4, -0.2) is 15.6 Å². The van der Waals surface area contributed by atoms with Crippen LogP contribution >= 0.6 is 0 Å². The second-order valence-corrected chi connectivity index (χ2v) is 2.29. The van der Waals surface area contributed by atoms with Crippen LogP contribution in [-0.2, 0) is 7.05 Å². The van der Waals surface area contributed by atoms with Gasteiger partial charge >= 0.3 is 5.97 Å². The molecule has 3 nitrogen and oxygen atoms in total. The second kappa shape index (κ2) is 2.17. The summed E-state index contributed by atoms with van der Waals surface area (Å²) in [5.74, 6) is -0.872. The fraction of sp³-hybridized carbons (Fsp3) is 0.286. The molecule has 0 radical (unpaired) electrons. The van der Waals surface area contributed by atoms with E-state index in [1.165, 1.54) is 0 Å². The Morgan fingerprint density at radius 2 is 2.30 bits per heavy atom. The first-order valence-corrected chi connectivity index (χ1v) is 2.97. The highest BCUT2D eigenvalue weighted by Crippen LogP contribution is 2.04. The number of aryl methyl sites for hydroxylation is 2. The predicted octanol–water partition coefficient (Wildman–Crippen LogP) is 1.03. The topological polar surface area (TPSA) is 42.2 Å². The quantitative estimate of drug-likeness (QED) is 0.631. The molecule has 10 heavy (non-hydrogen) atoms. The zero-order chi connectivity index (χ0) is 7.72. The van der Waals surface area contributed by atoms with Gasteiger partial charge in [0.1, 0.15) is 0 Å². The number of aromatic nitrogens is 1. The van der Waals surface area contributed by atoms with Gasteiger partial charge in [0.25, 0.3) is 0 Å². The van der Waals surface area contributed by atoms with Gasteiger partial charge in [0.2, 0.25) is 0 Å². The van der Waals surface area contributed by atoms with Crippen molar-refractivity contribution in [2.75, 3.05) is 0 Å². The van der Waals surface area contributed by atoms with Crippen LogP contribution in [0.4, 0.5) is 0 Å². The van der Waals surface area contributed by atoms with Crippen LogP contribution in [0.2, 0.25) is 0 Å². The van der Waals surface area contributed by atoms with E-state index < -0.39 is 5.97 Å². The lowest BCUT2D eigenvalue weighted by atomic mass is 10.3. The van der Waals surface area contributed by atoms with E-state index >= 15 is 0 Å². The SMILES string of the molecule is Cc1cc(C(=O)O)cn1C. The molecular weight excluding hydrogens is 130 g/mol. The number of aromatic carboxylic acids is 1. The fourth-order valence-corrected chi connectivity index (χ4v) is 0.792. The van der Waals surface area contributed by atoms with E-state index in [4.69, 9.17) is 5.11 Å². The van der Waals surface area contributed by atoms with Crippen LogP contribution < -0.4 is 0 Å². The van der Waals surface area contributed by atoms with Crippen LogP contribution in [0.15, 0.2) is 12.3 Å². The number of carboxylic acids is 1. The molecule has 0 fully saturated rings. The Morgan fingerprint density at radius 3 is 2.50 bits per heavy atom. The van der Waals surface area contributed by atoms with Crippen molar-refractivity contribution < 1.29 is 9.90 Å². The Kier molecular flexibility index (Phi) is 1.49. The number of hydrogen-bond acceptors (Lipinski definition) is 1. The lowest BCUT2D eigenvalue weighted by Gasteiger charge is -1.89. The van der Waals surface area contributed by atoms with Gasteiger partial charge in [0.15, 0.2) is 0 Å². The molecule has 1 aromatic rings. The lowest BCUT2D eigenvalue weighted by molar-refractivity contribution is 0.0697. The maximum atomic E-state index is 10.4. The van der Waals surface area contributed by atoms with E-state index in [-0.39, 0.29) is 0 Å². The number of carboxylic acid groups (broad SMARTS) is 1. The first-order chi connectivity index (χ1) is 4.61. The summed E-state index contributed by atoms with van der Waals surface area (Å²) >= 11 is 0. The number of rotatable bonds is 1. The van der Waals surface area contributed by atoms with Crippen molar-refractivity contribution in [2.24, 2.45) is 7.05 Å². The Bertz CT molecular complexity index is 243. The lowest BCUT2D eigenvalue weighted by Crippen LogP contribution is -1.92. The Hall–Kier alpha value is -1.25. The van der Waals surface area contributed by atoms with E-state index in [2.05, 4.69) is 0 Å². The summed E-state index contributed by atoms with van der Waals surface area (Å²) in [6.45, 7) is 1.87. The molecule has 0 aliphatic rings. The number of carbonyl (C=O) groups is 1. The molecule has 3 heteroatoms. The number of hydrogen-bond donors (Lipinski definition) is 1. The first kappa shape index (κ1) is 6.86. The molecule has 0 spiro atoms. The molecule has 0 amide bonds. The number of nitrogens with zero attached hydrogens (tertiary/aromatic N) is 1. The fourth-order valence-electron chi connectivity index (χ4n) is 0.792. The first-order valence-electron chi connectivity index (χ1n) is 2.97. The summed E-state index contributed by atoms with van der Waals surface area (Å²) in [6.07, 6.45) is 1.59. The molecule has 0 aliphatic carbocycles. The van der Waals surface area contributed by atoms with E-state index in [1.807, 2.05) is 14.0 Å². The molecule has 1 aromatic heterocycles. The van der Waals surface area contributed by atoms with Crippen molar-refractivity contribution in [1.82, 2.24) is 4.57 Å². The zero-order valence-corrected chi connectivity index (χ0v) is 5.96. The molecule has 0 bridgehead atoms. The monoisotopic (exact) mass is 139 g/mol. The summed E-state index contributed by atoms with van der Waals surface area (Å²) in [5, 5.41) is 8.51. The van der Waals surface area contributed by atoms with Gasteiger partial charge in [-0.2, -0.15) is 0 Å². The minimum atomic E-state index is -0.872. The van der Waals surface area contributed by atoms with E-state index in [9.17, 15) is 4.79 Å². The highest BCUT2D eigenvalue weighted by molar-refractivity contribution is 5.87. The summed E-state index contributed by atoms with van der Waals surface area (Å²) < 4.78 is 1.78. The van der Waals surface area contributed by atoms with Gasteiger partial charge in [-0.1, -0.05) is 0 Å². The maximum absolute atomic E-state index is 10.4. The molecule has 0 aliphatic heterocycles. The van der Waals surface area contributed by atoms with E-state index in [1.54, 1.807) is 16.8 Å². The minimum Gasteiger partial charge on any atom is -0.478 e. The van der Waals surface area contributed by atoms with Gasteiger partial charge in [-0.15, -0.1) is 0 Å². The van der Waals surface area contributed by atoms with Crippen molar-refractivity contribution in [3.05, 3.63) is 23.5 Å². The zero-order valence-electron chi connectivity index (χ0n) is 5.96. The highest BCUT2D eigenvalue weighted by atomic mass is 16.4. The van der Waals surface area contributed by atoms with E-state index in [0.29, 0.717) is 5.56 Å². The molecule has 1 rings (SSSR count). The van der Waals surface area contributed by atoms with Crippen molar-refractivity contribution in [3.8, 4) is 0 Å². The van der Waals surface area contributed by atoms with Crippen molar-refractivity contribution in [2.45, 2.75) is 6.92 Å². The normalized spacial score (nSPS) is 9.80. The van der Waals surface area contributed by atoms with Crippen molar-refractivity contribution in [3.63, 3.8) is 0 Å². The molecule has 0 atom stereocenters. The van der Waals surface area contributed by atoms with Gasteiger partial charge < -0.3 is 9.67 Å². The van der Waals surface area contributed by atoms with Crippen LogP contribution in [0.5, 0.6) is 0 Å². The van der Waals surface area contributed by atoms with Gasteiger partial charge in [-0.05, 0) is 13.0 Å². The minimum absolute atomic E-state index is 0.347. The largest absolute Gasteiger partial charge is 0.478 e. The predicted molar refractivity (Wildman–Crippen MR) is 37.1 cm³/mol.